The van der Waals surface area contributed by atoms with Gasteiger partial charge in [0, 0.05) is 30.5 Å². The van der Waals surface area contributed by atoms with Crippen molar-refractivity contribution < 1.29 is 0 Å². The van der Waals surface area contributed by atoms with Crippen LogP contribution in [0.15, 0.2) is 24.5 Å². The predicted octanol–water partition coefficient (Wildman–Crippen LogP) is 2.10. The van der Waals surface area contributed by atoms with Crippen LogP contribution >= 0.6 is 11.5 Å². The molecule has 1 N–H and O–H groups in total. The number of hydrogen-bond acceptors (Lipinski definition) is 5. The van der Waals surface area contributed by atoms with Crippen molar-refractivity contribution in [3.63, 3.8) is 0 Å². The molecule has 0 atom stereocenters. The summed E-state index contributed by atoms with van der Waals surface area (Å²) in [6.45, 7) is 5.05. The van der Waals surface area contributed by atoms with Crippen molar-refractivity contribution in [3.05, 3.63) is 29.4 Å². The van der Waals surface area contributed by atoms with Crippen molar-refractivity contribution in [1.29, 1.82) is 0 Å². The van der Waals surface area contributed by atoms with Gasteiger partial charge in [-0.1, -0.05) is 18.3 Å². The fourth-order valence-electron chi connectivity index (χ4n) is 1.34. The van der Waals surface area contributed by atoms with Crippen LogP contribution < -0.4 is 5.32 Å². The number of rotatable bonds is 4. The highest BCUT2D eigenvalue weighted by Gasteiger charge is 2.10. The van der Waals surface area contributed by atoms with E-state index in [4.69, 9.17) is 0 Å². The highest BCUT2D eigenvalue weighted by atomic mass is 32.1. The maximum absolute atomic E-state index is 4.15. The quantitative estimate of drug-likeness (QED) is 0.880. The van der Waals surface area contributed by atoms with Crippen LogP contribution in [-0.2, 0) is 6.54 Å². The summed E-state index contributed by atoms with van der Waals surface area (Å²) in [5, 5.41) is 7.52. The van der Waals surface area contributed by atoms with Crippen LogP contribution in [0.2, 0.25) is 0 Å². The normalized spacial score (nSPS) is 10.9. The Bertz CT molecular complexity index is 438. The van der Waals surface area contributed by atoms with Crippen LogP contribution in [0.5, 0.6) is 0 Å². The summed E-state index contributed by atoms with van der Waals surface area (Å²) in [6, 6.07) is 4.38. The molecule has 0 aliphatic rings. The van der Waals surface area contributed by atoms with E-state index in [0.29, 0.717) is 6.04 Å². The lowest BCUT2D eigenvalue weighted by atomic mass is 10.2. The fraction of sp³-hybridized carbons (Fsp3) is 0.364. The lowest BCUT2D eigenvalue weighted by Crippen LogP contribution is -2.21. The standard InChI is InChI=1S/C11H14N4S/c1-8(2)13-7-10-11(14-15-16-10)9-4-3-5-12-6-9/h3-6,8,13H,7H2,1-2H3. The summed E-state index contributed by atoms with van der Waals surface area (Å²) < 4.78 is 4.00. The van der Waals surface area contributed by atoms with Crippen molar-refractivity contribution >= 4 is 11.5 Å². The average molecular weight is 234 g/mol. The lowest BCUT2D eigenvalue weighted by Gasteiger charge is -2.06. The summed E-state index contributed by atoms with van der Waals surface area (Å²) in [5.74, 6) is 0. The molecule has 0 bridgehead atoms. The van der Waals surface area contributed by atoms with E-state index in [-0.39, 0.29) is 0 Å². The van der Waals surface area contributed by atoms with Gasteiger partial charge in [-0.05, 0) is 23.7 Å². The number of pyridine rings is 1. The Morgan fingerprint density at radius 3 is 3.00 bits per heavy atom. The van der Waals surface area contributed by atoms with Crippen LogP contribution in [0.3, 0.4) is 0 Å². The lowest BCUT2D eigenvalue weighted by molar-refractivity contribution is 0.593. The average Bonchev–Trinajstić information content (AvgIpc) is 2.75. The van der Waals surface area contributed by atoms with Crippen LogP contribution in [0.1, 0.15) is 18.7 Å². The van der Waals surface area contributed by atoms with Crippen LogP contribution in [-0.4, -0.2) is 20.6 Å². The maximum Gasteiger partial charge on any atom is 0.111 e. The topological polar surface area (TPSA) is 50.7 Å². The van der Waals surface area contributed by atoms with Crippen LogP contribution in [0.4, 0.5) is 0 Å². The van der Waals surface area contributed by atoms with Crippen molar-refractivity contribution in [1.82, 2.24) is 19.9 Å². The molecule has 0 fully saturated rings. The molecule has 2 aromatic heterocycles. The molecule has 5 heteroatoms. The van der Waals surface area contributed by atoms with Gasteiger partial charge in [-0.25, -0.2) is 0 Å². The highest BCUT2D eigenvalue weighted by molar-refractivity contribution is 7.05. The largest absolute Gasteiger partial charge is 0.310 e. The van der Waals surface area contributed by atoms with Crippen molar-refractivity contribution in [2.45, 2.75) is 26.4 Å². The van der Waals surface area contributed by atoms with Gasteiger partial charge in [0.1, 0.15) is 5.69 Å². The second kappa shape index (κ2) is 5.14. The van der Waals surface area contributed by atoms with E-state index in [0.717, 1.165) is 22.7 Å². The highest BCUT2D eigenvalue weighted by Crippen LogP contribution is 2.22. The van der Waals surface area contributed by atoms with Crippen LogP contribution in [0.25, 0.3) is 11.3 Å². The molecule has 0 saturated heterocycles. The van der Waals surface area contributed by atoms with Gasteiger partial charge >= 0.3 is 0 Å². The molecule has 0 aromatic carbocycles. The molecule has 0 unspecified atom stereocenters. The van der Waals surface area contributed by atoms with Gasteiger partial charge < -0.3 is 5.32 Å². The summed E-state index contributed by atoms with van der Waals surface area (Å²) >= 11 is 1.43. The van der Waals surface area contributed by atoms with Gasteiger partial charge in [-0.2, -0.15) is 0 Å². The van der Waals surface area contributed by atoms with Crippen molar-refractivity contribution in [2.24, 2.45) is 0 Å². The minimum Gasteiger partial charge on any atom is -0.310 e. The summed E-state index contributed by atoms with van der Waals surface area (Å²) in [6.07, 6.45) is 3.57. The van der Waals surface area contributed by atoms with E-state index < -0.39 is 0 Å². The molecule has 84 valence electrons. The summed E-state index contributed by atoms with van der Waals surface area (Å²) in [7, 11) is 0. The second-order valence-corrected chi connectivity index (χ2v) is 4.66. The van der Waals surface area contributed by atoms with Gasteiger partial charge in [0.2, 0.25) is 0 Å². The molecule has 0 amide bonds. The Hall–Kier alpha value is -1.33. The summed E-state index contributed by atoms with van der Waals surface area (Å²) in [4.78, 5) is 5.25. The zero-order valence-electron chi connectivity index (χ0n) is 9.34. The van der Waals surface area contributed by atoms with E-state index in [1.165, 1.54) is 11.5 Å². The third-order valence-electron chi connectivity index (χ3n) is 2.16. The molecule has 0 aliphatic carbocycles. The molecule has 2 heterocycles. The third-order valence-corrected chi connectivity index (χ3v) is 2.88. The SMILES string of the molecule is CC(C)NCc1snnc1-c1cccnc1. The molecule has 0 aliphatic heterocycles. The van der Waals surface area contributed by atoms with E-state index in [2.05, 4.69) is 33.7 Å². The molecular formula is C11H14N4S. The van der Waals surface area contributed by atoms with E-state index in [1.807, 2.05) is 18.3 Å². The zero-order valence-corrected chi connectivity index (χ0v) is 10.2. The molecular weight excluding hydrogens is 220 g/mol. The van der Waals surface area contributed by atoms with E-state index >= 15 is 0 Å². The monoisotopic (exact) mass is 234 g/mol. The van der Waals surface area contributed by atoms with Crippen LogP contribution in [0, 0.1) is 0 Å². The Kier molecular flexibility index (Phi) is 3.58. The number of hydrogen-bond donors (Lipinski definition) is 1. The van der Waals surface area contributed by atoms with E-state index in [1.54, 1.807) is 6.20 Å². The minimum atomic E-state index is 0.462. The maximum atomic E-state index is 4.15. The zero-order chi connectivity index (χ0) is 11.4. The first-order valence-electron chi connectivity index (χ1n) is 5.22. The first-order chi connectivity index (χ1) is 7.77. The van der Waals surface area contributed by atoms with Crippen molar-refractivity contribution in [3.8, 4) is 11.3 Å². The molecule has 0 spiro atoms. The van der Waals surface area contributed by atoms with Gasteiger partial charge in [0.05, 0.1) is 4.88 Å². The van der Waals surface area contributed by atoms with Gasteiger partial charge in [-0.15, -0.1) is 5.10 Å². The Morgan fingerprint density at radius 1 is 1.44 bits per heavy atom. The number of nitrogens with one attached hydrogen (secondary N) is 1. The first kappa shape index (κ1) is 11.2. The third kappa shape index (κ3) is 2.62. The Morgan fingerprint density at radius 2 is 2.31 bits per heavy atom. The Balaban J connectivity index is 2.19. The van der Waals surface area contributed by atoms with Gasteiger partial charge in [-0.3, -0.25) is 4.98 Å². The molecule has 2 aromatic rings. The van der Waals surface area contributed by atoms with Gasteiger partial charge in [0.25, 0.3) is 0 Å². The fourth-order valence-corrected chi connectivity index (χ4v) is 1.96. The minimum absolute atomic E-state index is 0.462. The van der Waals surface area contributed by atoms with Gasteiger partial charge in [0.15, 0.2) is 0 Å². The summed E-state index contributed by atoms with van der Waals surface area (Å²) in [5.41, 5.74) is 1.96. The predicted molar refractivity (Wildman–Crippen MR) is 65.1 cm³/mol. The molecule has 0 saturated carbocycles. The van der Waals surface area contributed by atoms with Crippen molar-refractivity contribution in [2.75, 3.05) is 0 Å². The first-order valence-corrected chi connectivity index (χ1v) is 5.99. The molecule has 4 nitrogen and oxygen atoms in total. The molecule has 2 rings (SSSR count). The van der Waals surface area contributed by atoms with E-state index in [9.17, 15) is 0 Å². The molecule has 16 heavy (non-hydrogen) atoms. The Labute approximate surface area is 98.9 Å². The smallest absolute Gasteiger partial charge is 0.111 e. The molecule has 0 radical (unpaired) electrons. The number of nitrogens with zero attached hydrogens (tertiary/aromatic N) is 3. The second-order valence-electron chi connectivity index (χ2n) is 3.82. The number of aromatic nitrogens is 3.